The van der Waals surface area contributed by atoms with E-state index < -0.39 is 12.7 Å². The normalized spacial score (nSPS) is 20.3. The van der Waals surface area contributed by atoms with Crippen LogP contribution < -0.4 is 0 Å². The van der Waals surface area contributed by atoms with Gasteiger partial charge in [0, 0.05) is 37.4 Å². The third-order valence-electron chi connectivity index (χ3n) is 6.21. The van der Waals surface area contributed by atoms with Gasteiger partial charge < -0.3 is 0 Å². The zero-order valence-corrected chi connectivity index (χ0v) is 17.0. The van der Waals surface area contributed by atoms with Gasteiger partial charge in [-0.25, -0.2) is 0 Å². The predicted octanol–water partition coefficient (Wildman–Crippen LogP) is 8.11. The predicted molar refractivity (Wildman–Crippen MR) is 122 cm³/mol. The Morgan fingerprint density at radius 2 is 1.96 bits per heavy atom. The van der Waals surface area contributed by atoms with E-state index in [9.17, 15) is 1.37 Å². The van der Waals surface area contributed by atoms with E-state index in [1.165, 1.54) is 19.3 Å². The molecule has 1 aliphatic rings. The molecule has 28 heavy (non-hydrogen) atoms. The van der Waals surface area contributed by atoms with Gasteiger partial charge in [0.1, 0.15) is 0 Å². The minimum Gasteiger partial charge on any atom is -0.256 e. The van der Waals surface area contributed by atoms with Gasteiger partial charge in [-0.15, -0.1) is 11.3 Å². The van der Waals surface area contributed by atoms with E-state index in [0.29, 0.717) is 11.5 Å². The summed E-state index contributed by atoms with van der Waals surface area (Å²) in [5.74, 6) is -0.245. The number of benzene rings is 2. The number of rotatable bonds is 3. The fourth-order valence-corrected chi connectivity index (χ4v) is 5.86. The summed E-state index contributed by atoms with van der Waals surface area (Å²) in [6, 6.07) is 15.7. The largest absolute Gasteiger partial charge is 0.256 e. The van der Waals surface area contributed by atoms with Crippen molar-refractivity contribution < 1.29 is 5.48 Å². The van der Waals surface area contributed by atoms with Gasteiger partial charge in [0.05, 0.1) is 5.69 Å². The van der Waals surface area contributed by atoms with Crippen molar-refractivity contribution in [3.63, 3.8) is 0 Å². The number of nitrogens with zero attached hydrogens (tertiary/aromatic N) is 1. The third kappa shape index (κ3) is 3.14. The summed E-state index contributed by atoms with van der Waals surface area (Å²) < 4.78 is 34.5. The zero-order chi connectivity index (χ0) is 22.5. The lowest BCUT2D eigenvalue weighted by Gasteiger charge is -2.28. The van der Waals surface area contributed by atoms with Gasteiger partial charge in [0.25, 0.3) is 0 Å². The molecule has 0 amide bonds. The first-order valence-electron chi connectivity index (χ1n) is 12.2. The number of fused-ring (bicyclic) bond motifs is 3. The van der Waals surface area contributed by atoms with Gasteiger partial charge in [0.2, 0.25) is 0 Å². The zero-order valence-electron chi connectivity index (χ0n) is 20.2. The first kappa shape index (κ1) is 13.9. The smallest absolute Gasteiger partial charge is 0.0719 e. The Labute approximate surface area is 177 Å². The van der Waals surface area contributed by atoms with Crippen molar-refractivity contribution in [2.45, 2.75) is 51.8 Å². The molecule has 0 bridgehead atoms. The van der Waals surface area contributed by atoms with Crippen LogP contribution in [-0.4, -0.2) is 4.98 Å². The highest BCUT2D eigenvalue weighted by molar-refractivity contribution is 7.26. The average Bonchev–Trinajstić information content (AvgIpc) is 3.17. The molecule has 5 rings (SSSR count). The van der Waals surface area contributed by atoms with Gasteiger partial charge in [-0.3, -0.25) is 4.98 Å². The summed E-state index contributed by atoms with van der Waals surface area (Å²) >= 11 is 1.62. The molecule has 2 aromatic heterocycles. The second kappa shape index (κ2) is 7.33. The number of pyridine rings is 1. The van der Waals surface area contributed by atoms with Crippen LogP contribution in [0.25, 0.3) is 31.4 Å². The maximum absolute atomic E-state index is 9.18. The SMILES string of the molecule is [2H]C([2H])([2H])c1ccc2c(c1)sc1c(-c3cc(C([2H])(C)C4CCCCC4)ccn3)cccc12. The van der Waals surface area contributed by atoms with Crippen LogP contribution in [0.2, 0.25) is 0 Å². The molecule has 0 radical (unpaired) electrons. The molecule has 142 valence electrons. The van der Waals surface area contributed by atoms with E-state index in [0.717, 1.165) is 49.8 Å². The summed E-state index contributed by atoms with van der Waals surface area (Å²) in [5, 5.41) is 2.19. The van der Waals surface area contributed by atoms with Crippen LogP contribution >= 0.6 is 11.3 Å². The van der Waals surface area contributed by atoms with Crippen LogP contribution in [0.4, 0.5) is 0 Å². The van der Waals surface area contributed by atoms with Crippen molar-refractivity contribution in [1.82, 2.24) is 4.98 Å². The average molecular weight is 390 g/mol. The van der Waals surface area contributed by atoms with E-state index in [-0.39, 0.29) is 0 Å². The molecule has 1 unspecified atom stereocenters. The lowest BCUT2D eigenvalue weighted by Crippen LogP contribution is -2.14. The highest BCUT2D eigenvalue weighted by Gasteiger charge is 2.22. The molecule has 2 heterocycles. The first-order chi connectivity index (χ1) is 15.2. The Bertz CT molecular complexity index is 1280. The summed E-state index contributed by atoms with van der Waals surface area (Å²) in [6.07, 6.45) is 7.79. The second-order valence-electron chi connectivity index (χ2n) is 7.94. The number of aromatic nitrogens is 1. The van der Waals surface area contributed by atoms with E-state index in [1.54, 1.807) is 23.5 Å². The number of aryl methyl sites for hydroxylation is 1. The fraction of sp³-hybridized carbons (Fsp3) is 0.346. The van der Waals surface area contributed by atoms with E-state index >= 15 is 0 Å². The summed E-state index contributed by atoms with van der Waals surface area (Å²) in [7, 11) is 0. The van der Waals surface area contributed by atoms with Gasteiger partial charge in [0.15, 0.2) is 0 Å². The molecule has 4 aromatic rings. The molecule has 1 saturated carbocycles. The number of hydrogen-bond donors (Lipinski definition) is 0. The molecule has 2 heteroatoms. The Hall–Kier alpha value is -2.19. The van der Waals surface area contributed by atoms with Gasteiger partial charge in [-0.1, -0.05) is 56.5 Å². The molecule has 1 aliphatic carbocycles. The lowest BCUT2D eigenvalue weighted by atomic mass is 9.78. The van der Waals surface area contributed by atoms with Crippen molar-refractivity contribution in [2.75, 3.05) is 0 Å². The standard InChI is InChI=1S/C26H27NS/c1-17-11-12-21-22-9-6-10-23(26(22)28-25(21)15-17)24-16-20(13-14-27-24)18(2)19-7-4-3-5-8-19/h6,9-16,18-19H,3-5,7-8H2,1-2H3/i1D3,18D. The molecular formula is C26H27NS. The van der Waals surface area contributed by atoms with Crippen LogP contribution in [0.5, 0.6) is 0 Å². The summed E-state index contributed by atoms with van der Waals surface area (Å²) in [6.45, 7) is -0.0563. The summed E-state index contributed by atoms with van der Waals surface area (Å²) in [4.78, 5) is 4.68. The Morgan fingerprint density at radius 3 is 2.82 bits per heavy atom. The maximum atomic E-state index is 9.18. The number of thiophene rings is 1. The molecule has 1 nitrogen and oxygen atoms in total. The molecule has 0 N–H and O–H groups in total. The quantitative estimate of drug-likeness (QED) is 0.345. The minimum absolute atomic E-state index is 0.371. The van der Waals surface area contributed by atoms with Crippen LogP contribution in [0, 0.1) is 12.8 Å². The molecule has 1 atom stereocenters. The minimum atomic E-state index is -2.11. The van der Waals surface area contributed by atoms with Crippen molar-refractivity contribution >= 4 is 31.5 Å². The number of hydrogen-bond acceptors (Lipinski definition) is 2. The molecule has 0 spiro atoms. The second-order valence-corrected chi connectivity index (χ2v) is 9.00. The molecular weight excluding hydrogens is 358 g/mol. The molecule has 2 aromatic carbocycles. The van der Waals surface area contributed by atoms with Gasteiger partial charge in [-0.2, -0.15) is 0 Å². The van der Waals surface area contributed by atoms with Crippen LogP contribution in [0.1, 0.15) is 61.5 Å². The van der Waals surface area contributed by atoms with Gasteiger partial charge in [-0.05, 0) is 60.8 Å². The van der Waals surface area contributed by atoms with Crippen LogP contribution in [0.3, 0.4) is 0 Å². The highest BCUT2D eigenvalue weighted by atomic mass is 32.1. The van der Waals surface area contributed by atoms with E-state index in [1.807, 2.05) is 24.4 Å². The third-order valence-corrected chi connectivity index (χ3v) is 7.41. The van der Waals surface area contributed by atoms with E-state index in [4.69, 9.17) is 4.11 Å². The maximum Gasteiger partial charge on any atom is 0.0719 e. The van der Waals surface area contributed by atoms with Crippen LogP contribution in [-0.2, 0) is 0 Å². The van der Waals surface area contributed by atoms with Crippen molar-refractivity contribution in [2.24, 2.45) is 5.92 Å². The fourth-order valence-electron chi connectivity index (χ4n) is 4.59. The van der Waals surface area contributed by atoms with Crippen molar-refractivity contribution in [3.8, 4) is 11.3 Å². The first-order valence-corrected chi connectivity index (χ1v) is 11.0. The monoisotopic (exact) mass is 389 g/mol. The topological polar surface area (TPSA) is 12.9 Å². The molecule has 0 saturated heterocycles. The molecule has 1 fully saturated rings. The van der Waals surface area contributed by atoms with Crippen molar-refractivity contribution in [3.05, 3.63) is 65.9 Å². The molecule has 0 aliphatic heterocycles. The lowest BCUT2D eigenvalue weighted by molar-refractivity contribution is 0.316. The van der Waals surface area contributed by atoms with Crippen molar-refractivity contribution in [1.29, 1.82) is 0 Å². The van der Waals surface area contributed by atoms with E-state index in [2.05, 4.69) is 30.1 Å². The Balaban J connectivity index is 1.61. The Kier molecular flexibility index (Phi) is 3.64. The van der Waals surface area contributed by atoms with Crippen LogP contribution in [0.15, 0.2) is 54.7 Å². The Morgan fingerprint density at radius 1 is 1.07 bits per heavy atom. The summed E-state index contributed by atoms with van der Waals surface area (Å²) in [5.41, 5.74) is 3.32. The highest BCUT2D eigenvalue weighted by Crippen LogP contribution is 2.41. The van der Waals surface area contributed by atoms with Gasteiger partial charge >= 0.3 is 0 Å².